The molecule has 0 spiro atoms. The molecule has 6 atom stereocenters. The van der Waals surface area contributed by atoms with Crippen LogP contribution < -0.4 is 70.2 Å². The van der Waals surface area contributed by atoms with Crippen molar-refractivity contribution in [1.29, 1.82) is 0 Å². The highest BCUT2D eigenvalue weighted by Crippen LogP contribution is 2.24. The number of primary amides is 3. The zero-order chi connectivity index (χ0) is 90.5. The summed E-state index contributed by atoms with van der Waals surface area (Å²) in [5.41, 5.74) is 24.9. The van der Waals surface area contributed by atoms with Crippen molar-refractivity contribution in [2.75, 3.05) is 30.3 Å². The Balaban J connectivity index is 0.00000171. The summed E-state index contributed by atoms with van der Waals surface area (Å²) >= 11 is 0. The lowest BCUT2D eigenvalue weighted by atomic mass is 9.89. The molecule has 0 aliphatic rings. The first kappa shape index (κ1) is 109. The van der Waals surface area contributed by atoms with Gasteiger partial charge in [0.1, 0.15) is 12.4 Å². The molecule has 0 saturated heterocycles. The summed E-state index contributed by atoms with van der Waals surface area (Å²) in [6, 6.07) is 20.5. The van der Waals surface area contributed by atoms with E-state index in [2.05, 4.69) is 63.3 Å². The molecule has 0 aromatic heterocycles. The number of amides is 11. The molecule has 0 radical (unpaired) electrons. The number of urea groups is 3. The Hall–Kier alpha value is -10.9. The van der Waals surface area contributed by atoms with Crippen molar-refractivity contribution in [3.05, 3.63) is 129 Å². The van der Waals surface area contributed by atoms with Crippen molar-refractivity contribution >= 4 is 94.2 Å². The lowest BCUT2D eigenvalue weighted by molar-refractivity contribution is -0.384. The summed E-state index contributed by atoms with van der Waals surface area (Å²) < 4.78 is 10.1. The number of Topliss-reactive ketones (excluding diaryl/α,β-unsaturated/α-hetero) is 3. The molecule has 0 aliphatic heterocycles. The molecule has 19 N–H and O–H groups in total. The number of carbonyl (C=O) groups excluding carboxylic acids is 12. The number of unbranched alkanes of at least 4 members (excludes halogenated alkanes) is 9. The zero-order valence-corrected chi connectivity index (χ0v) is 72.2. The summed E-state index contributed by atoms with van der Waals surface area (Å²) in [6.07, 6.45) is 14.3. The maximum atomic E-state index is 13.4. The fraction of sp³-hybridized carbons (Fsp3) is 0.575. The van der Waals surface area contributed by atoms with Gasteiger partial charge in [0.05, 0.1) is 42.3 Å². The molecule has 0 heterocycles. The molecule has 11 amide bonds. The lowest BCUT2D eigenvalue weighted by Crippen LogP contribution is -2.50. The molecule has 0 unspecified atom stereocenters. The third-order valence-electron chi connectivity index (χ3n) is 18.6. The van der Waals surface area contributed by atoms with E-state index >= 15 is 0 Å². The number of aliphatic hydroxyl groups is 2. The van der Waals surface area contributed by atoms with Crippen LogP contribution in [0.25, 0.3) is 0 Å². The number of benzene rings is 4. The van der Waals surface area contributed by atoms with E-state index in [0.29, 0.717) is 81.4 Å². The Morgan fingerprint density at radius 2 is 0.825 bits per heavy atom. The summed E-state index contributed by atoms with van der Waals surface area (Å²) in [5.74, 6) is -4.34. The molecule has 33 heteroatoms. The second-order valence-corrected chi connectivity index (χ2v) is 29.8. The first-order chi connectivity index (χ1) is 57.1. The number of nitrogens with one attached hydrogen (secondary N) is 8. The van der Waals surface area contributed by atoms with Crippen LogP contribution in [0.1, 0.15) is 246 Å². The van der Waals surface area contributed by atoms with Gasteiger partial charge in [-0.1, -0.05) is 182 Å². The van der Waals surface area contributed by atoms with Crippen LogP contribution in [0, 0.1) is 39.7 Å². The predicted molar refractivity (Wildman–Crippen MR) is 461 cm³/mol. The highest BCUT2D eigenvalue weighted by atomic mass is 16.7. The van der Waals surface area contributed by atoms with Crippen LogP contribution in [0.4, 0.5) is 36.2 Å². The number of rotatable bonds is 53. The van der Waals surface area contributed by atoms with Crippen LogP contribution in [0.3, 0.4) is 0 Å². The fourth-order valence-electron chi connectivity index (χ4n) is 11.6. The summed E-state index contributed by atoms with van der Waals surface area (Å²) in [5, 5.41) is 58.8. The third-order valence-corrected chi connectivity index (χ3v) is 18.6. The second-order valence-electron chi connectivity index (χ2n) is 29.8. The van der Waals surface area contributed by atoms with Gasteiger partial charge in [-0.05, 0) is 134 Å². The highest BCUT2D eigenvalue weighted by molar-refractivity contribution is 5.99. The van der Waals surface area contributed by atoms with Gasteiger partial charge in [-0.25, -0.2) is 19.2 Å². The molecular formula is C87H137N13O20. The molecule has 4 rings (SSSR count). The van der Waals surface area contributed by atoms with E-state index in [1.165, 1.54) is 30.7 Å². The van der Waals surface area contributed by atoms with Crippen LogP contribution in [0.5, 0.6) is 5.75 Å². The number of aliphatic hydroxyl groups excluding tert-OH is 2. The molecule has 670 valence electrons. The SMILES string of the molecule is CC.CC(C)[C@H](N)C(=O)N[C@@H](CCCNC(N)=O)C(=O)Cc1ccc(CO)cc1.CCCCCCC(=O)N[C@H](C(=O)C[C@@H](CCCNC(N)=O)C(=O)Nc1ccc(CO)cc1)C(C)C.CCCCCCC(=O)N[C@H](C(=O)C[C@@H](CCCNC(N)=O)C(=O)Nc1ccc(COC(=O)Oc2ccc([N+](=O)[O-])cc2)cc1)C(C)C.CCCCCCC(=O)O. The number of hydrogen-bond acceptors (Lipinski definition) is 20. The van der Waals surface area contributed by atoms with E-state index in [9.17, 15) is 77.5 Å². The number of anilines is 2. The minimum atomic E-state index is -0.998. The number of nitro groups is 1. The number of carboxylic acids is 1. The van der Waals surface area contributed by atoms with Gasteiger partial charge in [-0.15, -0.1) is 0 Å². The topological polar surface area (TPSA) is 545 Å². The number of hydrogen-bond donors (Lipinski definition) is 15. The van der Waals surface area contributed by atoms with Gasteiger partial charge in [0.15, 0.2) is 17.3 Å². The number of carboxylic acid groups (broad SMARTS) is 1. The summed E-state index contributed by atoms with van der Waals surface area (Å²) in [7, 11) is 0. The Labute approximate surface area is 707 Å². The van der Waals surface area contributed by atoms with Gasteiger partial charge in [-0.3, -0.25) is 53.3 Å². The minimum Gasteiger partial charge on any atom is -0.481 e. The normalized spacial score (nSPS) is 12.1. The van der Waals surface area contributed by atoms with Crippen molar-refractivity contribution in [3.8, 4) is 5.75 Å². The summed E-state index contributed by atoms with van der Waals surface area (Å²) in [6.45, 7) is 21.9. The molecule has 33 nitrogen and oxygen atoms in total. The van der Waals surface area contributed by atoms with Gasteiger partial charge in [0.25, 0.3) is 5.69 Å². The first-order valence-corrected chi connectivity index (χ1v) is 41.8. The van der Waals surface area contributed by atoms with Crippen LogP contribution in [-0.4, -0.2) is 141 Å². The van der Waals surface area contributed by atoms with Gasteiger partial charge in [0.2, 0.25) is 29.5 Å². The van der Waals surface area contributed by atoms with E-state index in [4.69, 9.17) is 42.6 Å². The number of nitrogens with two attached hydrogens (primary N) is 4. The average molecular weight is 1690 g/mol. The molecule has 4 aromatic rings. The number of carbonyl (C=O) groups is 13. The minimum absolute atomic E-state index is 0.0317. The Bertz CT molecular complexity index is 3700. The van der Waals surface area contributed by atoms with Crippen molar-refractivity contribution in [2.45, 2.75) is 274 Å². The second kappa shape index (κ2) is 65.0. The van der Waals surface area contributed by atoms with E-state index in [0.717, 1.165) is 87.3 Å². The van der Waals surface area contributed by atoms with Gasteiger partial charge in [0, 0.05) is 93.5 Å². The van der Waals surface area contributed by atoms with Crippen LogP contribution in [0.2, 0.25) is 0 Å². The van der Waals surface area contributed by atoms with Gasteiger partial charge >= 0.3 is 30.2 Å². The Kier molecular flexibility index (Phi) is 59.1. The number of non-ortho nitro benzene ring substituents is 1. The van der Waals surface area contributed by atoms with Crippen molar-refractivity contribution in [1.82, 2.24) is 31.9 Å². The molecule has 0 bridgehead atoms. The number of nitrogens with zero attached hydrogens (tertiary/aromatic N) is 1. The Morgan fingerprint density at radius 3 is 1.18 bits per heavy atom. The smallest absolute Gasteiger partial charge is 0.481 e. The van der Waals surface area contributed by atoms with Crippen molar-refractivity contribution in [3.63, 3.8) is 0 Å². The monoisotopic (exact) mass is 1680 g/mol. The van der Waals surface area contributed by atoms with E-state index < -0.39 is 77.1 Å². The van der Waals surface area contributed by atoms with E-state index in [1.54, 1.807) is 72.8 Å². The third kappa shape index (κ3) is 51.4. The number of ether oxygens (including phenoxy) is 2. The van der Waals surface area contributed by atoms with Gasteiger partial charge < -0.3 is 90.3 Å². The first-order valence-electron chi connectivity index (χ1n) is 41.8. The zero-order valence-electron chi connectivity index (χ0n) is 72.2. The fourth-order valence-corrected chi connectivity index (χ4v) is 11.6. The number of nitro benzene ring substituents is 1. The maximum absolute atomic E-state index is 13.4. The van der Waals surface area contributed by atoms with Crippen LogP contribution in [-0.2, 0) is 74.1 Å². The molecule has 0 saturated carbocycles. The predicted octanol–water partition coefficient (Wildman–Crippen LogP) is 11.9. The number of ketones is 3. The van der Waals surface area contributed by atoms with E-state index in [1.807, 2.05) is 55.4 Å². The standard InChI is InChI=1S/C33H45N5O9.C26H42N4O5.C19H30N4O4.C7H14O2.C2H6/c1-4-5-6-7-10-29(40)37-30(22(2)3)28(39)20-24(9-8-19-35-32(34)42)31(41)36-25-13-11-23(12-14-25)21-46-33(43)47-27-17-15-26(16-18-27)38(44)45;1-4-5-6-7-10-23(33)30-24(18(2)3)22(32)16-20(9-8-15-28-26(27)35)25(34)29-21-13-11-19(17-31)12-14-21;1-12(2)17(20)18(26)23-15(4-3-9-22-19(21)27)16(25)10-13-5-7-14(11-24)8-6-13;1-2-3-4-5-6-7(8)9;1-2/h11-18,22,24,30H,4-10,19-21H2,1-3H3,(H,36,41)(H,37,40)(H3,34,35,42);11-14,18,20,24,31H,4-10,15-17H2,1-3H3,(H,29,34)(H,30,33)(H3,27,28,35);5-8,12,15,17,24H,3-4,9-11,20H2,1-2H3,(H,23,26)(H3,21,22,27);2-6H2,1H3,(H,8,9);1-2H3/t24-,30+;20-,24+;15-,17-;;/m110../s1. The van der Waals surface area contributed by atoms with E-state index in [-0.39, 0.29) is 122 Å². The van der Waals surface area contributed by atoms with Crippen LogP contribution >= 0.6 is 0 Å². The summed E-state index contributed by atoms with van der Waals surface area (Å²) in [4.78, 5) is 168. The molecule has 120 heavy (non-hydrogen) atoms. The quantitative estimate of drug-likeness (QED) is 0.00642. The lowest BCUT2D eigenvalue weighted by Gasteiger charge is -2.24. The molecular weight excluding hydrogens is 1550 g/mol. The maximum Gasteiger partial charge on any atom is 0.514 e. The Morgan fingerprint density at radius 1 is 0.450 bits per heavy atom. The van der Waals surface area contributed by atoms with Crippen molar-refractivity contribution in [2.24, 2.45) is 52.5 Å². The van der Waals surface area contributed by atoms with Gasteiger partial charge in [-0.2, -0.15) is 0 Å². The largest absolute Gasteiger partial charge is 0.514 e. The van der Waals surface area contributed by atoms with Crippen molar-refractivity contribution < 1.29 is 92.0 Å². The van der Waals surface area contributed by atoms with Crippen LogP contribution in [0.15, 0.2) is 97.1 Å². The number of aliphatic carboxylic acids is 1. The average Bonchev–Trinajstić information content (AvgIpc) is 0.865. The highest BCUT2D eigenvalue weighted by Gasteiger charge is 2.32. The molecule has 0 aliphatic carbocycles. The molecule has 4 aromatic carbocycles. The molecule has 0 fully saturated rings.